The zero-order valence-corrected chi connectivity index (χ0v) is 38.1. The average molecular weight is 818 g/mol. The molecule has 1 aliphatic heterocycles. The number of aryl methyl sites for hydroxylation is 6. The maximum absolute atomic E-state index is 8.99. The number of halogens is 2. The van der Waals surface area contributed by atoms with Gasteiger partial charge in [0.1, 0.15) is 5.82 Å². The monoisotopic (exact) mass is 816 g/mol. The Kier molecular flexibility index (Phi) is 11.8. The Labute approximate surface area is 355 Å². The van der Waals surface area contributed by atoms with Crippen LogP contribution in [0.1, 0.15) is 130 Å². The summed E-state index contributed by atoms with van der Waals surface area (Å²) in [7, 11) is -0.610. The summed E-state index contributed by atoms with van der Waals surface area (Å²) in [5.41, 5.74) is 17.8. The number of nitrogens with zero attached hydrogens (tertiary/aromatic N) is 2. The molecule has 4 aliphatic rings. The fourth-order valence-electron chi connectivity index (χ4n) is 11.3. The number of fused-ring (bicyclic) bond motifs is 1. The second-order valence-corrected chi connectivity index (χ2v) is 22.5. The van der Waals surface area contributed by atoms with Crippen LogP contribution >= 0.6 is 31.1 Å². The summed E-state index contributed by atoms with van der Waals surface area (Å²) in [4.78, 5) is 5.26. The third kappa shape index (κ3) is 7.55. The highest BCUT2D eigenvalue weighted by molar-refractivity contribution is 7.63. The number of rotatable bonds is 6. The van der Waals surface area contributed by atoms with Crippen molar-refractivity contribution in [1.29, 1.82) is 0 Å². The maximum atomic E-state index is 8.99. The Balaban J connectivity index is 1.51. The minimum Gasteiger partial charge on any atom is -0.298 e. The first kappa shape index (κ1) is 40.7. The molecule has 2 nitrogen and oxygen atoms in total. The van der Waals surface area contributed by atoms with Crippen molar-refractivity contribution in [2.45, 2.75) is 154 Å². The predicted molar refractivity (Wildman–Crippen MR) is 252 cm³/mol. The van der Waals surface area contributed by atoms with E-state index in [0.717, 1.165) is 12.8 Å². The molecule has 5 heteroatoms. The molecule has 0 aromatic heterocycles. The van der Waals surface area contributed by atoms with E-state index >= 15 is 0 Å². The Hall–Kier alpha value is -3.03. The summed E-state index contributed by atoms with van der Waals surface area (Å²) >= 11 is 16.8. The lowest BCUT2D eigenvalue weighted by Crippen LogP contribution is -2.43. The van der Waals surface area contributed by atoms with E-state index in [2.05, 4.69) is 138 Å². The van der Waals surface area contributed by atoms with Crippen LogP contribution in [0.2, 0.25) is 0 Å². The van der Waals surface area contributed by atoms with E-state index in [1.54, 1.807) is 0 Å². The first-order chi connectivity index (χ1) is 27.4. The van der Waals surface area contributed by atoms with Crippen LogP contribution in [-0.2, 0) is 0 Å². The van der Waals surface area contributed by atoms with Crippen molar-refractivity contribution in [2.24, 2.45) is 0 Å². The van der Waals surface area contributed by atoms with Gasteiger partial charge in [0.2, 0.25) is 0 Å². The molecule has 3 saturated carbocycles. The lowest BCUT2D eigenvalue weighted by Gasteiger charge is -2.52. The van der Waals surface area contributed by atoms with Gasteiger partial charge in [-0.25, -0.2) is 0 Å². The van der Waals surface area contributed by atoms with Gasteiger partial charge in [-0.15, -0.1) is 23.2 Å². The van der Waals surface area contributed by atoms with Crippen LogP contribution in [0.3, 0.4) is 0 Å². The minimum absolute atomic E-state index is 0.161. The van der Waals surface area contributed by atoms with Crippen LogP contribution in [0.5, 0.6) is 0 Å². The van der Waals surface area contributed by atoms with Gasteiger partial charge in [-0.2, -0.15) is 0 Å². The number of hydrogen-bond acceptors (Lipinski definition) is 2. The molecule has 3 fully saturated rings. The van der Waals surface area contributed by atoms with Crippen LogP contribution in [0.25, 0.3) is 16.8 Å². The lowest BCUT2D eigenvalue weighted by molar-refractivity contribution is 0.476. The van der Waals surface area contributed by atoms with E-state index in [9.17, 15) is 0 Å². The highest BCUT2D eigenvalue weighted by Gasteiger charge is 2.54. The summed E-state index contributed by atoms with van der Waals surface area (Å²) in [6.07, 6.45) is 17.5. The van der Waals surface area contributed by atoms with Crippen LogP contribution in [0, 0.1) is 41.5 Å². The molecule has 0 amide bonds. The third-order valence-corrected chi connectivity index (χ3v) is 19.0. The fourth-order valence-corrected chi connectivity index (χ4v) is 17.2. The van der Waals surface area contributed by atoms with Crippen molar-refractivity contribution in [1.82, 2.24) is 0 Å². The van der Waals surface area contributed by atoms with Crippen LogP contribution in [0.4, 0.5) is 11.4 Å². The van der Waals surface area contributed by atoms with Crippen molar-refractivity contribution in [3.05, 3.63) is 134 Å². The van der Waals surface area contributed by atoms with Crippen molar-refractivity contribution in [3.63, 3.8) is 0 Å². The average Bonchev–Trinajstić information content (AvgIpc) is 3.41. The van der Waals surface area contributed by atoms with Crippen molar-refractivity contribution in [2.75, 3.05) is 9.80 Å². The van der Waals surface area contributed by atoms with Crippen LogP contribution in [0.15, 0.2) is 95.1 Å². The van der Waals surface area contributed by atoms with Gasteiger partial charge >= 0.3 is 0 Å². The number of alkyl halides is 2. The summed E-state index contributed by atoms with van der Waals surface area (Å²) < 4.78 is -0.539. The first-order valence-electron chi connectivity index (χ1n) is 21.9. The quantitative estimate of drug-likeness (QED) is 0.141. The molecule has 0 radical (unpaired) electrons. The van der Waals surface area contributed by atoms with Gasteiger partial charge in [0, 0.05) is 17.0 Å². The molecule has 0 bridgehead atoms. The highest BCUT2D eigenvalue weighted by atomic mass is 35.5. The SMILES string of the molecule is CC1=C(C)N(c2c(C)cc(C)cc2C)C(=C2C(=Cc3ccc4ccccc4c3)C(Cl)CCC2(Cl)P(C2CCCCC2)C2CCCCC2)N1c1c(C)cc(C)cc1C. The first-order valence-corrected chi connectivity index (χ1v) is 24.2. The second-order valence-electron chi connectivity index (χ2n) is 18.0. The molecule has 2 atom stereocenters. The van der Waals surface area contributed by atoms with E-state index < -0.39 is 12.5 Å². The third-order valence-electron chi connectivity index (χ3n) is 13.7. The standard InChI is InChI=1S/C52H63Cl2N2P/c1-33-27-35(3)49(36(4)28-33)55-39(7)40(8)56(50-37(5)29-34(2)30-38(50)6)51(55)48-46(32-41-23-24-42-17-15-16-18-43(42)31-41)47(53)25-26-52(48,54)57(44-19-11-9-12-20-44)45-21-13-10-14-22-45/h15-18,23-24,27-32,44-45,47H,9-14,19-22,25-26H2,1-8H3. The van der Waals surface area contributed by atoms with E-state index in [0.29, 0.717) is 11.3 Å². The summed E-state index contributed by atoms with van der Waals surface area (Å²) in [6, 6.07) is 25.1. The predicted octanol–water partition coefficient (Wildman–Crippen LogP) is 16.0. The number of allylic oxidation sites excluding steroid dienone is 4. The largest absolute Gasteiger partial charge is 0.298 e. The van der Waals surface area contributed by atoms with Gasteiger partial charge in [0.25, 0.3) is 0 Å². The molecule has 3 aliphatic carbocycles. The molecule has 1 heterocycles. The van der Waals surface area contributed by atoms with Gasteiger partial charge in [-0.05, 0) is 162 Å². The fraction of sp³-hybridized carbons (Fsp3) is 0.462. The number of benzene rings is 4. The van der Waals surface area contributed by atoms with Crippen molar-refractivity contribution >= 4 is 59.3 Å². The van der Waals surface area contributed by atoms with E-state index in [4.69, 9.17) is 23.2 Å². The molecule has 0 saturated heterocycles. The molecule has 300 valence electrons. The van der Waals surface area contributed by atoms with Crippen molar-refractivity contribution < 1.29 is 0 Å². The Morgan fingerprint density at radius 2 is 1.07 bits per heavy atom. The molecule has 4 aromatic carbocycles. The molecular weight excluding hydrogens is 754 g/mol. The van der Waals surface area contributed by atoms with Crippen LogP contribution in [-0.4, -0.2) is 21.3 Å². The molecule has 0 N–H and O–H groups in total. The van der Waals surface area contributed by atoms with Gasteiger partial charge < -0.3 is 0 Å². The van der Waals surface area contributed by atoms with Gasteiger partial charge in [-0.1, -0.05) is 118 Å². The molecule has 4 aromatic rings. The van der Waals surface area contributed by atoms with Crippen LogP contribution < -0.4 is 9.80 Å². The van der Waals surface area contributed by atoms with Gasteiger partial charge in [0.15, 0.2) is 0 Å². The maximum Gasteiger partial charge on any atom is 0.128 e. The lowest BCUT2D eigenvalue weighted by atomic mass is 9.85. The summed E-state index contributed by atoms with van der Waals surface area (Å²) in [5, 5.41) is 2.35. The van der Waals surface area contributed by atoms with E-state index in [1.165, 1.54) is 154 Å². The number of hydrogen-bond donors (Lipinski definition) is 0. The second kappa shape index (κ2) is 16.6. The highest BCUT2D eigenvalue weighted by Crippen LogP contribution is 2.72. The van der Waals surface area contributed by atoms with Gasteiger partial charge in [-0.3, -0.25) is 9.80 Å². The van der Waals surface area contributed by atoms with E-state index in [-0.39, 0.29) is 5.38 Å². The summed E-state index contributed by atoms with van der Waals surface area (Å²) in [5.74, 6) is 1.21. The normalized spacial score (nSPS) is 23.6. The number of anilines is 2. The Morgan fingerprint density at radius 3 is 1.56 bits per heavy atom. The molecule has 57 heavy (non-hydrogen) atoms. The smallest absolute Gasteiger partial charge is 0.128 e. The Bertz CT molecular complexity index is 2130. The minimum atomic E-state index is -0.610. The molecular formula is C52H63Cl2N2P. The zero-order valence-electron chi connectivity index (χ0n) is 35.7. The summed E-state index contributed by atoms with van der Waals surface area (Å²) in [6.45, 7) is 18.3. The van der Waals surface area contributed by atoms with E-state index in [1.807, 2.05) is 0 Å². The molecule has 2 unspecified atom stereocenters. The van der Waals surface area contributed by atoms with Gasteiger partial charge in [0.05, 0.1) is 21.4 Å². The zero-order chi connectivity index (χ0) is 40.2. The molecule has 0 spiro atoms. The molecule has 8 rings (SSSR count). The Morgan fingerprint density at radius 1 is 0.596 bits per heavy atom. The topological polar surface area (TPSA) is 6.48 Å². The van der Waals surface area contributed by atoms with Crippen molar-refractivity contribution in [3.8, 4) is 0 Å².